The Balaban J connectivity index is 1.47. The minimum absolute atomic E-state index is 0.128. The zero-order valence-corrected chi connectivity index (χ0v) is 23.1. The fraction of sp³-hybridized carbons (Fsp3) is 0.320. The first-order valence-corrected chi connectivity index (χ1v) is 15.0. The summed E-state index contributed by atoms with van der Waals surface area (Å²) in [6.07, 6.45) is 4.65. The van der Waals surface area contributed by atoms with Crippen molar-refractivity contribution in [2.24, 2.45) is 5.92 Å². The number of hydrogen-bond acceptors (Lipinski definition) is 7. The van der Waals surface area contributed by atoms with Crippen LogP contribution in [0.25, 0.3) is 10.2 Å². The van der Waals surface area contributed by atoms with E-state index >= 15 is 0 Å². The molecule has 0 aliphatic carbocycles. The first-order valence-electron chi connectivity index (χ1n) is 11.6. The van der Waals surface area contributed by atoms with Crippen LogP contribution >= 0.6 is 34.3 Å². The van der Waals surface area contributed by atoms with Crippen LogP contribution in [0.1, 0.15) is 29.5 Å². The van der Waals surface area contributed by atoms with Crippen LogP contribution in [0.3, 0.4) is 0 Å². The van der Waals surface area contributed by atoms with E-state index in [2.05, 4.69) is 11.1 Å². The summed E-state index contributed by atoms with van der Waals surface area (Å²) >= 11 is 8.50. The monoisotopic (exact) mass is 560 g/mol. The number of pyridine rings is 1. The van der Waals surface area contributed by atoms with Gasteiger partial charge in [-0.15, -0.1) is 11.3 Å². The van der Waals surface area contributed by atoms with Crippen molar-refractivity contribution < 1.29 is 13.2 Å². The van der Waals surface area contributed by atoms with Crippen LogP contribution in [0.5, 0.6) is 0 Å². The molecule has 0 radical (unpaired) electrons. The molecule has 1 aliphatic rings. The number of carbonyl (C=O) groups is 1. The van der Waals surface area contributed by atoms with Crippen molar-refractivity contribution in [1.82, 2.24) is 14.3 Å². The fourth-order valence-electron chi connectivity index (χ4n) is 4.39. The molecule has 0 N–H and O–H groups in total. The standard InChI is InChI=1S/C25H25ClN4O3S3/c1-16-7-8-20-23(17(16)2)28-25(34-20)30(14-18-5-3-11-27-13-18)24(31)19-6-4-12-29(15-19)36(32,33)22-10-9-21(26)35-22/h3,5,7-11,13,19H,4,6,12,14-15H2,1-2H3. The summed E-state index contributed by atoms with van der Waals surface area (Å²) in [6, 6.07) is 11.0. The lowest BCUT2D eigenvalue weighted by molar-refractivity contribution is -0.123. The molecule has 1 unspecified atom stereocenters. The van der Waals surface area contributed by atoms with Crippen LogP contribution in [-0.4, -0.2) is 41.7 Å². The van der Waals surface area contributed by atoms with Gasteiger partial charge in [0.15, 0.2) is 5.13 Å². The Morgan fingerprint density at radius 2 is 2.03 bits per heavy atom. The number of halogens is 1. The Morgan fingerprint density at radius 1 is 1.19 bits per heavy atom. The summed E-state index contributed by atoms with van der Waals surface area (Å²) < 4.78 is 29.5. The second-order valence-corrected chi connectivity index (χ2v) is 13.8. The van der Waals surface area contributed by atoms with Gasteiger partial charge in [-0.3, -0.25) is 14.7 Å². The summed E-state index contributed by atoms with van der Waals surface area (Å²) in [5.74, 6) is -0.605. The van der Waals surface area contributed by atoms with E-state index in [9.17, 15) is 13.2 Å². The molecule has 1 atom stereocenters. The largest absolute Gasteiger partial charge is 0.283 e. The van der Waals surface area contributed by atoms with Gasteiger partial charge < -0.3 is 0 Å². The number of anilines is 1. The summed E-state index contributed by atoms with van der Waals surface area (Å²) in [4.78, 5) is 24.7. The summed E-state index contributed by atoms with van der Waals surface area (Å²) in [7, 11) is -3.71. The number of aromatic nitrogens is 2. The zero-order valence-electron chi connectivity index (χ0n) is 19.8. The normalized spacial score (nSPS) is 16.9. The lowest BCUT2D eigenvalue weighted by atomic mass is 9.98. The molecule has 0 bridgehead atoms. The van der Waals surface area contributed by atoms with E-state index in [4.69, 9.17) is 16.6 Å². The Morgan fingerprint density at radius 3 is 2.75 bits per heavy atom. The van der Waals surface area contributed by atoms with Crippen LogP contribution in [0.2, 0.25) is 4.34 Å². The van der Waals surface area contributed by atoms with Gasteiger partial charge in [-0.2, -0.15) is 4.31 Å². The SMILES string of the molecule is Cc1ccc2sc(N(Cc3cccnc3)C(=O)C3CCCN(S(=O)(=O)c4ccc(Cl)s4)C3)nc2c1C. The molecule has 188 valence electrons. The van der Waals surface area contributed by atoms with E-state index < -0.39 is 15.9 Å². The van der Waals surface area contributed by atoms with Gasteiger partial charge in [-0.1, -0.05) is 35.1 Å². The Bertz CT molecular complexity index is 1520. The number of rotatable bonds is 6. The smallest absolute Gasteiger partial charge is 0.252 e. The maximum absolute atomic E-state index is 14.0. The van der Waals surface area contributed by atoms with E-state index in [-0.39, 0.29) is 16.7 Å². The molecular weight excluding hydrogens is 536 g/mol. The average molecular weight is 561 g/mol. The zero-order chi connectivity index (χ0) is 25.4. The number of hydrogen-bond donors (Lipinski definition) is 0. The van der Waals surface area contributed by atoms with Gasteiger partial charge >= 0.3 is 0 Å². The second-order valence-electron chi connectivity index (χ2n) is 8.90. The molecule has 1 aliphatic heterocycles. The molecule has 36 heavy (non-hydrogen) atoms. The van der Waals surface area contributed by atoms with Crippen LogP contribution in [0, 0.1) is 19.8 Å². The molecular formula is C25H25ClN4O3S3. The van der Waals surface area contributed by atoms with E-state index in [0.29, 0.717) is 35.4 Å². The predicted octanol–water partition coefficient (Wildman–Crippen LogP) is 5.66. The number of fused-ring (bicyclic) bond motifs is 1. The van der Waals surface area contributed by atoms with Crippen LogP contribution in [-0.2, 0) is 21.4 Å². The van der Waals surface area contributed by atoms with E-state index in [1.807, 2.05) is 32.0 Å². The highest BCUT2D eigenvalue weighted by molar-refractivity contribution is 7.91. The minimum Gasteiger partial charge on any atom is -0.283 e. The van der Waals surface area contributed by atoms with E-state index in [1.165, 1.54) is 21.7 Å². The second kappa shape index (κ2) is 10.2. The molecule has 1 aromatic carbocycles. The van der Waals surface area contributed by atoms with Gasteiger partial charge in [-0.05, 0) is 67.6 Å². The third-order valence-corrected chi connectivity index (χ3v) is 11.1. The quantitative estimate of drug-likeness (QED) is 0.304. The average Bonchev–Trinajstić information content (AvgIpc) is 3.52. The predicted molar refractivity (Wildman–Crippen MR) is 145 cm³/mol. The molecule has 4 heterocycles. The summed E-state index contributed by atoms with van der Waals surface area (Å²) in [5.41, 5.74) is 4.01. The van der Waals surface area contributed by atoms with Crippen molar-refractivity contribution in [3.63, 3.8) is 0 Å². The molecule has 1 amide bonds. The topological polar surface area (TPSA) is 83.5 Å². The van der Waals surface area contributed by atoms with Crippen molar-refractivity contribution in [2.45, 2.75) is 37.4 Å². The summed E-state index contributed by atoms with van der Waals surface area (Å²) in [5, 5.41) is 0.609. The van der Waals surface area contributed by atoms with Gasteiger partial charge in [0.25, 0.3) is 10.0 Å². The number of amides is 1. The molecule has 1 fully saturated rings. The van der Waals surface area contributed by atoms with Gasteiger partial charge in [0, 0.05) is 25.5 Å². The van der Waals surface area contributed by atoms with E-state index in [1.54, 1.807) is 23.4 Å². The molecule has 3 aromatic heterocycles. The van der Waals surface area contributed by atoms with Crippen LogP contribution < -0.4 is 4.90 Å². The van der Waals surface area contributed by atoms with Crippen molar-refractivity contribution in [2.75, 3.05) is 18.0 Å². The third kappa shape index (κ3) is 4.92. The molecule has 4 aromatic rings. The third-order valence-electron chi connectivity index (χ3n) is 6.51. The van der Waals surface area contributed by atoms with Crippen molar-refractivity contribution in [3.8, 4) is 0 Å². The van der Waals surface area contributed by atoms with Gasteiger partial charge in [0.2, 0.25) is 5.91 Å². The van der Waals surface area contributed by atoms with Crippen LogP contribution in [0.4, 0.5) is 5.13 Å². The number of benzene rings is 1. The Labute approximate surface area is 223 Å². The maximum atomic E-state index is 14.0. The molecule has 1 saturated heterocycles. The fourth-order valence-corrected chi connectivity index (χ4v) is 8.58. The van der Waals surface area contributed by atoms with Crippen LogP contribution in [0.15, 0.2) is 53.0 Å². The minimum atomic E-state index is -3.71. The van der Waals surface area contributed by atoms with Gasteiger partial charge in [-0.25, -0.2) is 13.4 Å². The number of aryl methyl sites for hydroxylation is 2. The highest BCUT2D eigenvalue weighted by atomic mass is 35.5. The van der Waals surface area contributed by atoms with Gasteiger partial charge in [0.05, 0.1) is 27.0 Å². The first-order chi connectivity index (χ1) is 17.2. The number of nitrogens with zero attached hydrogens (tertiary/aromatic N) is 4. The Kier molecular flexibility index (Phi) is 7.15. The molecule has 0 spiro atoms. The highest BCUT2D eigenvalue weighted by Gasteiger charge is 2.37. The number of thiazole rings is 1. The lowest BCUT2D eigenvalue weighted by Crippen LogP contribution is -2.46. The summed E-state index contributed by atoms with van der Waals surface area (Å²) in [6.45, 7) is 4.90. The van der Waals surface area contributed by atoms with Crippen molar-refractivity contribution in [3.05, 3.63) is 69.8 Å². The molecule has 11 heteroatoms. The molecule has 5 rings (SSSR count). The molecule has 0 saturated carbocycles. The number of sulfonamides is 1. The van der Waals surface area contributed by atoms with Gasteiger partial charge in [0.1, 0.15) is 4.21 Å². The Hall–Kier alpha value is -2.37. The first kappa shape index (κ1) is 25.3. The maximum Gasteiger partial charge on any atom is 0.252 e. The lowest BCUT2D eigenvalue weighted by Gasteiger charge is -2.33. The van der Waals surface area contributed by atoms with Crippen molar-refractivity contribution in [1.29, 1.82) is 0 Å². The number of piperidine rings is 1. The highest BCUT2D eigenvalue weighted by Crippen LogP contribution is 2.35. The number of carbonyl (C=O) groups excluding carboxylic acids is 1. The van der Waals surface area contributed by atoms with E-state index in [0.717, 1.165) is 38.2 Å². The van der Waals surface area contributed by atoms with Crippen molar-refractivity contribution >= 4 is 65.6 Å². The number of thiophene rings is 1. The molecule has 7 nitrogen and oxygen atoms in total.